The number of rotatable bonds is 2. The van der Waals surface area contributed by atoms with Crippen LogP contribution in [-0.4, -0.2) is 23.2 Å². The van der Waals surface area contributed by atoms with Crippen molar-refractivity contribution in [2.45, 2.75) is 23.3 Å². The molecule has 1 aromatic heterocycles. The molecule has 1 aromatic carbocycles. The van der Waals surface area contributed by atoms with Crippen molar-refractivity contribution in [1.82, 2.24) is 9.97 Å². The number of aryl methyl sites for hydroxylation is 1. The van der Waals surface area contributed by atoms with Crippen LogP contribution in [0.4, 0.5) is 0 Å². The van der Waals surface area contributed by atoms with Gasteiger partial charge in [0, 0.05) is 17.4 Å². The van der Waals surface area contributed by atoms with Crippen LogP contribution >= 0.6 is 23.4 Å². The Morgan fingerprint density at radius 1 is 1.10 bits per heavy atom. The first kappa shape index (κ1) is 13.5. The summed E-state index contributed by atoms with van der Waals surface area (Å²) in [6.45, 7) is 3.20. The third kappa shape index (κ3) is 3.16. The van der Waals surface area contributed by atoms with Crippen molar-refractivity contribution in [3.05, 3.63) is 35.2 Å². The Labute approximate surface area is 126 Å². The zero-order valence-corrected chi connectivity index (χ0v) is 12.5. The summed E-state index contributed by atoms with van der Waals surface area (Å²) in [5, 5.41) is 1.27. The number of benzene rings is 1. The molecule has 0 N–H and O–H groups in total. The van der Waals surface area contributed by atoms with Crippen LogP contribution in [0, 0.1) is 6.92 Å². The van der Waals surface area contributed by atoms with E-state index in [1.165, 1.54) is 11.8 Å². The minimum Gasteiger partial charge on any atom is -0.490 e. The Bertz CT molecular complexity index is 616. The van der Waals surface area contributed by atoms with Gasteiger partial charge in [0.25, 0.3) is 0 Å². The standard InChI is InChI=1S/C14H13ClN2O2S/c1-9-16-13(15)8-14(17-9)20-10-3-4-11-12(7-10)19-6-2-5-18-11/h3-4,7-8H,2,5-6H2,1H3. The molecule has 0 unspecified atom stereocenters. The van der Waals surface area contributed by atoms with Crippen LogP contribution in [0.25, 0.3) is 0 Å². The predicted molar refractivity (Wildman–Crippen MR) is 78.0 cm³/mol. The molecule has 104 valence electrons. The number of hydrogen-bond acceptors (Lipinski definition) is 5. The molecule has 1 aliphatic rings. The van der Waals surface area contributed by atoms with Crippen molar-refractivity contribution in [1.29, 1.82) is 0 Å². The number of ether oxygens (including phenoxy) is 2. The lowest BCUT2D eigenvalue weighted by molar-refractivity contribution is 0.297. The smallest absolute Gasteiger partial charge is 0.162 e. The first-order chi connectivity index (χ1) is 9.70. The molecule has 0 saturated heterocycles. The second-order valence-corrected chi connectivity index (χ2v) is 5.82. The van der Waals surface area contributed by atoms with Gasteiger partial charge >= 0.3 is 0 Å². The van der Waals surface area contributed by atoms with E-state index in [0.29, 0.717) is 24.2 Å². The van der Waals surface area contributed by atoms with Gasteiger partial charge in [0.2, 0.25) is 0 Å². The molecule has 2 aromatic rings. The molecule has 0 amide bonds. The minimum atomic E-state index is 0.453. The first-order valence-electron chi connectivity index (χ1n) is 6.29. The summed E-state index contributed by atoms with van der Waals surface area (Å²) in [4.78, 5) is 9.44. The quantitative estimate of drug-likeness (QED) is 0.791. The highest BCUT2D eigenvalue weighted by atomic mass is 35.5. The molecule has 0 saturated carbocycles. The maximum atomic E-state index is 5.94. The van der Waals surface area contributed by atoms with E-state index in [0.717, 1.165) is 27.8 Å². The summed E-state index contributed by atoms with van der Waals surface area (Å²) in [5.74, 6) is 2.24. The van der Waals surface area contributed by atoms with Gasteiger partial charge in [-0.2, -0.15) is 0 Å². The third-order valence-corrected chi connectivity index (χ3v) is 3.83. The highest BCUT2D eigenvalue weighted by molar-refractivity contribution is 7.99. The maximum Gasteiger partial charge on any atom is 0.162 e. The number of fused-ring (bicyclic) bond motifs is 1. The van der Waals surface area contributed by atoms with Gasteiger partial charge in [-0.05, 0) is 25.1 Å². The monoisotopic (exact) mass is 308 g/mol. The molecule has 0 radical (unpaired) electrons. The number of hydrogen-bond donors (Lipinski definition) is 0. The van der Waals surface area contributed by atoms with Crippen LogP contribution in [0.15, 0.2) is 34.2 Å². The molecule has 3 rings (SSSR count). The topological polar surface area (TPSA) is 44.2 Å². The summed E-state index contributed by atoms with van der Waals surface area (Å²) >= 11 is 7.47. The van der Waals surface area contributed by atoms with Crippen LogP contribution in [0.1, 0.15) is 12.2 Å². The molecule has 4 nitrogen and oxygen atoms in total. The van der Waals surface area contributed by atoms with E-state index in [2.05, 4.69) is 9.97 Å². The molecule has 0 atom stereocenters. The molecule has 0 fully saturated rings. The summed E-state index contributed by atoms with van der Waals surface area (Å²) in [6.07, 6.45) is 0.901. The third-order valence-electron chi connectivity index (χ3n) is 2.72. The van der Waals surface area contributed by atoms with Gasteiger partial charge in [-0.3, -0.25) is 0 Å². The Balaban J connectivity index is 1.85. The Morgan fingerprint density at radius 3 is 2.70 bits per heavy atom. The van der Waals surface area contributed by atoms with Crippen LogP contribution in [-0.2, 0) is 0 Å². The Kier molecular flexibility index (Phi) is 3.98. The van der Waals surface area contributed by atoms with E-state index in [4.69, 9.17) is 21.1 Å². The minimum absolute atomic E-state index is 0.453. The van der Waals surface area contributed by atoms with Crippen molar-refractivity contribution in [2.24, 2.45) is 0 Å². The lowest BCUT2D eigenvalue weighted by Gasteiger charge is -2.09. The number of aromatic nitrogens is 2. The van der Waals surface area contributed by atoms with E-state index in [-0.39, 0.29) is 0 Å². The first-order valence-corrected chi connectivity index (χ1v) is 7.49. The highest BCUT2D eigenvalue weighted by Gasteiger charge is 2.12. The Hall–Kier alpha value is -1.46. The van der Waals surface area contributed by atoms with Gasteiger partial charge in [-0.15, -0.1) is 0 Å². The molecule has 1 aliphatic heterocycles. The van der Waals surface area contributed by atoms with Gasteiger partial charge < -0.3 is 9.47 Å². The fourth-order valence-corrected chi connectivity index (χ4v) is 3.07. The molecular weight excluding hydrogens is 296 g/mol. The van der Waals surface area contributed by atoms with Crippen molar-refractivity contribution in [2.75, 3.05) is 13.2 Å². The maximum absolute atomic E-state index is 5.94. The molecule has 20 heavy (non-hydrogen) atoms. The van der Waals surface area contributed by atoms with E-state index >= 15 is 0 Å². The fraction of sp³-hybridized carbons (Fsp3) is 0.286. The molecule has 6 heteroatoms. The van der Waals surface area contributed by atoms with Crippen molar-refractivity contribution < 1.29 is 9.47 Å². The van der Waals surface area contributed by atoms with Crippen molar-refractivity contribution in [3.8, 4) is 11.5 Å². The van der Waals surface area contributed by atoms with Gasteiger partial charge in [-0.25, -0.2) is 9.97 Å². The summed E-state index contributed by atoms with van der Waals surface area (Å²) in [6, 6.07) is 7.64. The van der Waals surface area contributed by atoms with Crippen LogP contribution < -0.4 is 9.47 Å². The molecule has 2 heterocycles. The number of halogens is 1. The summed E-state index contributed by atoms with van der Waals surface area (Å²) < 4.78 is 11.3. The fourth-order valence-electron chi connectivity index (χ4n) is 1.89. The van der Waals surface area contributed by atoms with Gasteiger partial charge in [0.15, 0.2) is 11.5 Å². The number of nitrogens with zero attached hydrogens (tertiary/aromatic N) is 2. The predicted octanol–water partition coefficient (Wildman–Crippen LogP) is 3.75. The molecular formula is C14H13ClN2O2S. The summed E-state index contributed by atoms with van der Waals surface area (Å²) in [7, 11) is 0. The SMILES string of the molecule is Cc1nc(Cl)cc(Sc2ccc3c(c2)OCCCO3)n1. The average molecular weight is 309 g/mol. The van der Waals surface area contributed by atoms with Crippen LogP contribution in [0.3, 0.4) is 0 Å². The van der Waals surface area contributed by atoms with Gasteiger partial charge in [0.1, 0.15) is 16.0 Å². The van der Waals surface area contributed by atoms with Crippen LogP contribution in [0.2, 0.25) is 5.15 Å². The summed E-state index contributed by atoms with van der Waals surface area (Å²) in [5.41, 5.74) is 0. The van der Waals surface area contributed by atoms with Gasteiger partial charge in [-0.1, -0.05) is 23.4 Å². The van der Waals surface area contributed by atoms with Gasteiger partial charge in [0.05, 0.1) is 13.2 Å². The largest absolute Gasteiger partial charge is 0.490 e. The molecule has 0 spiro atoms. The lowest BCUT2D eigenvalue weighted by atomic mass is 10.3. The normalized spacial score (nSPS) is 13.9. The van der Waals surface area contributed by atoms with Crippen LogP contribution in [0.5, 0.6) is 11.5 Å². The van der Waals surface area contributed by atoms with Crippen molar-refractivity contribution >= 4 is 23.4 Å². The zero-order valence-electron chi connectivity index (χ0n) is 10.9. The highest BCUT2D eigenvalue weighted by Crippen LogP contribution is 2.36. The van der Waals surface area contributed by atoms with E-state index in [1.807, 2.05) is 25.1 Å². The molecule has 0 bridgehead atoms. The second-order valence-electron chi connectivity index (χ2n) is 4.34. The molecule has 0 aliphatic carbocycles. The average Bonchev–Trinajstić information content (AvgIpc) is 2.62. The van der Waals surface area contributed by atoms with E-state index in [1.54, 1.807) is 6.07 Å². The second kappa shape index (κ2) is 5.89. The van der Waals surface area contributed by atoms with Crippen molar-refractivity contribution in [3.63, 3.8) is 0 Å². The van der Waals surface area contributed by atoms with E-state index < -0.39 is 0 Å². The lowest BCUT2D eigenvalue weighted by Crippen LogP contribution is -1.97. The Morgan fingerprint density at radius 2 is 1.90 bits per heavy atom. The van der Waals surface area contributed by atoms with E-state index in [9.17, 15) is 0 Å². The zero-order chi connectivity index (χ0) is 13.9.